The number of rotatable bonds is 5. The van der Waals surface area contributed by atoms with Gasteiger partial charge in [-0.3, -0.25) is 0 Å². The second-order valence-corrected chi connectivity index (χ2v) is 6.99. The van der Waals surface area contributed by atoms with Crippen LogP contribution in [0, 0.1) is 5.82 Å². The summed E-state index contributed by atoms with van der Waals surface area (Å²) in [6, 6.07) is 19.2. The van der Waals surface area contributed by atoms with Gasteiger partial charge in [0.05, 0.1) is 16.2 Å². The summed E-state index contributed by atoms with van der Waals surface area (Å²) >= 11 is 12.2. The molecule has 2 N–H and O–H groups in total. The molecule has 4 aromatic rings. The van der Waals surface area contributed by atoms with Gasteiger partial charge in [-0.25, -0.2) is 9.37 Å². The van der Waals surface area contributed by atoms with E-state index < -0.39 is 0 Å². The number of halogens is 3. The molecular formula is C21H15Cl2FN4. The van der Waals surface area contributed by atoms with Crippen LogP contribution in [-0.4, -0.2) is 9.97 Å². The third-order valence-corrected chi connectivity index (χ3v) is 4.70. The second kappa shape index (κ2) is 8.00. The average molecular weight is 413 g/mol. The van der Waals surface area contributed by atoms with Crippen molar-refractivity contribution >= 4 is 51.6 Å². The molecule has 140 valence electrons. The highest BCUT2D eigenvalue weighted by Gasteiger charge is 2.09. The SMILES string of the molecule is Fc1ccc(CNc2nc(Nc3ccc(Cl)cc3Cl)nc3ccccc23)cc1. The summed E-state index contributed by atoms with van der Waals surface area (Å²) in [5.41, 5.74) is 2.39. The first-order chi connectivity index (χ1) is 13.6. The second-order valence-electron chi connectivity index (χ2n) is 6.14. The quantitative estimate of drug-likeness (QED) is 0.396. The number of para-hydroxylation sites is 1. The molecule has 0 atom stereocenters. The molecule has 1 aromatic heterocycles. The minimum atomic E-state index is -0.262. The number of hydrogen-bond acceptors (Lipinski definition) is 4. The molecule has 0 spiro atoms. The van der Waals surface area contributed by atoms with Crippen molar-refractivity contribution in [3.63, 3.8) is 0 Å². The standard InChI is InChI=1S/C21H15Cl2FN4/c22-14-7-10-19(17(23)11-14)27-21-26-18-4-2-1-3-16(18)20(28-21)25-12-13-5-8-15(24)9-6-13/h1-11H,12H2,(H2,25,26,27,28). The predicted octanol–water partition coefficient (Wildman–Crippen LogP) is 6.43. The summed E-state index contributed by atoms with van der Waals surface area (Å²) < 4.78 is 13.1. The minimum Gasteiger partial charge on any atom is -0.365 e. The molecule has 28 heavy (non-hydrogen) atoms. The number of fused-ring (bicyclic) bond motifs is 1. The summed E-state index contributed by atoms with van der Waals surface area (Å²) in [4.78, 5) is 9.15. The molecule has 7 heteroatoms. The van der Waals surface area contributed by atoms with Crippen LogP contribution in [0.3, 0.4) is 0 Å². The molecule has 0 radical (unpaired) electrons. The van der Waals surface area contributed by atoms with Gasteiger partial charge in [0.15, 0.2) is 0 Å². The molecule has 3 aromatic carbocycles. The number of benzene rings is 3. The lowest BCUT2D eigenvalue weighted by atomic mass is 10.2. The lowest BCUT2D eigenvalue weighted by Gasteiger charge is -2.13. The highest BCUT2D eigenvalue weighted by atomic mass is 35.5. The van der Waals surface area contributed by atoms with Gasteiger partial charge in [0.25, 0.3) is 0 Å². The summed E-state index contributed by atoms with van der Waals surface area (Å²) in [5, 5.41) is 8.36. The average Bonchev–Trinajstić information content (AvgIpc) is 2.69. The van der Waals surface area contributed by atoms with Crippen molar-refractivity contribution in [3.05, 3.63) is 88.2 Å². The van der Waals surface area contributed by atoms with Crippen molar-refractivity contribution in [2.45, 2.75) is 6.54 Å². The van der Waals surface area contributed by atoms with Crippen molar-refractivity contribution in [1.82, 2.24) is 9.97 Å². The molecule has 0 saturated carbocycles. The van der Waals surface area contributed by atoms with E-state index in [2.05, 4.69) is 20.6 Å². The smallest absolute Gasteiger partial charge is 0.229 e. The maximum absolute atomic E-state index is 13.1. The number of nitrogens with one attached hydrogen (secondary N) is 2. The first kappa shape index (κ1) is 18.5. The third kappa shape index (κ3) is 4.16. The number of anilines is 3. The highest BCUT2D eigenvalue weighted by molar-refractivity contribution is 6.36. The molecule has 0 aliphatic carbocycles. The first-order valence-corrected chi connectivity index (χ1v) is 9.31. The van der Waals surface area contributed by atoms with E-state index in [1.165, 1.54) is 12.1 Å². The molecular weight excluding hydrogens is 398 g/mol. The van der Waals surface area contributed by atoms with E-state index in [1.807, 2.05) is 24.3 Å². The Morgan fingerprint density at radius 2 is 1.68 bits per heavy atom. The Labute approximate surface area is 171 Å². The minimum absolute atomic E-state index is 0.262. The fourth-order valence-corrected chi connectivity index (χ4v) is 3.22. The Morgan fingerprint density at radius 3 is 2.46 bits per heavy atom. The Kier molecular flexibility index (Phi) is 5.28. The summed E-state index contributed by atoms with van der Waals surface area (Å²) in [7, 11) is 0. The fraction of sp³-hybridized carbons (Fsp3) is 0.0476. The van der Waals surface area contributed by atoms with Gasteiger partial charge in [-0.2, -0.15) is 4.98 Å². The molecule has 1 heterocycles. The van der Waals surface area contributed by atoms with Gasteiger partial charge in [0.1, 0.15) is 11.6 Å². The van der Waals surface area contributed by atoms with Crippen LogP contribution in [0.2, 0.25) is 10.0 Å². The lowest BCUT2D eigenvalue weighted by Crippen LogP contribution is -2.06. The predicted molar refractivity (Wildman–Crippen MR) is 113 cm³/mol. The van der Waals surface area contributed by atoms with Crippen molar-refractivity contribution in [2.24, 2.45) is 0 Å². The van der Waals surface area contributed by atoms with Crippen LogP contribution in [0.4, 0.5) is 21.8 Å². The number of aromatic nitrogens is 2. The van der Waals surface area contributed by atoms with Gasteiger partial charge in [-0.05, 0) is 48.0 Å². The normalized spacial score (nSPS) is 10.8. The zero-order valence-electron chi connectivity index (χ0n) is 14.6. The van der Waals surface area contributed by atoms with Gasteiger partial charge in [0, 0.05) is 17.0 Å². The third-order valence-electron chi connectivity index (χ3n) is 4.15. The highest BCUT2D eigenvalue weighted by Crippen LogP contribution is 2.29. The van der Waals surface area contributed by atoms with Gasteiger partial charge in [-0.15, -0.1) is 0 Å². The van der Waals surface area contributed by atoms with Crippen LogP contribution >= 0.6 is 23.2 Å². The van der Waals surface area contributed by atoms with Crippen molar-refractivity contribution in [3.8, 4) is 0 Å². The monoisotopic (exact) mass is 412 g/mol. The number of hydrogen-bond donors (Lipinski definition) is 2. The maximum Gasteiger partial charge on any atom is 0.229 e. The van der Waals surface area contributed by atoms with E-state index in [-0.39, 0.29) is 5.82 Å². The van der Waals surface area contributed by atoms with E-state index in [4.69, 9.17) is 23.2 Å². The Hall–Kier alpha value is -2.89. The molecule has 0 aliphatic rings. The van der Waals surface area contributed by atoms with E-state index in [0.717, 1.165) is 16.5 Å². The maximum atomic E-state index is 13.1. The topological polar surface area (TPSA) is 49.8 Å². The van der Waals surface area contributed by atoms with E-state index >= 15 is 0 Å². The summed E-state index contributed by atoms with van der Waals surface area (Å²) in [5.74, 6) is 0.814. The van der Waals surface area contributed by atoms with Crippen molar-refractivity contribution < 1.29 is 4.39 Å². The Bertz CT molecular complexity index is 1130. The van der Waals surface area contributed by atoms with Crippen LogP contribution in [-0.2, 0) is 6.54 Å². The fourth-order valence-electron chi connectivity index (χ4n) is 2.77. The van der Waals surface area contributed by atoms with E-state index in [9.17, 15) is 4.39 Å². The largest absolute Gasteiger partial charge is 0.365 e. The summed E-state index contributed by atoms with van der Waals surface area (Å²) in [6.07, 6.45) is 0. The van der Waals surface area contributed by atoms with Gasteiger partial charge < -0.3 is 10.6 Å². The van der Waals surface area contributed by atoms with Gasteiger partial charge >= 0.3 is 0 Å². The molecule has 4 rings (SSSR count). The van der Waals surface area contributed by atoms with Crippen LogP contribution in [0.15, 0.2) is 66.7 Å². The van der Waals surface area contributed by atoms with Crippen molar-refractivity contribution in [1.29, 1.82) is 0 Å². The van der Waals surface area contributed by atoms with Gasteiger partial charge in [0.2, 0.25) is 5.95 Å². The molecule has 0 unspecified atom stereocenters. The van der Waals surface area contributed by atoms with E-state index in [1.54, 1.807) is 30.3 Å². The molecule has 0 fully saturated rings. The lowest BCUT2D eigenvalue weighted by molar-refractivity contribution is 0.627. The zero-order valence-corrected chi connectivity index (χ0v) is 16.1. The Balaban J connectivity index is 1.65. The molecule has 0 bridgehead atoms. The molecule has 0 amide bonds. The molecule has 4 nitrogen and oxygen atoms in total. The molecule has 0 saturated heterocycles. The van der Waals surface area contributed by atoms with E-state index in [0.29, 0.717) is 34.0 Å². The van der Waals surface area contributed by atoms with Crippen LogP contribution in [0.1, 0.15) is 5.56 Å². The first-order valence-electron chi connectivity index (χ1n) is 8.56. The Morgan fingerprint density at radius 1 is 0.893 bits per heavy atom. The van der Waals surface area contributed by atoms with Crippen molar-refractivity contribution in [2.75, 3.05) is 10.6 Å². The van der Waals surface area contributed by atoms with Crippen LogP contribution < -0.4 is 10.6 Å². The zero-order chi connectivity index (χ0) is 19.5. The van der Waals surface area contributed by atoms with Gasteiger partial charge in [-0.1, -0.05) is 47.5 Å². The van der Waals surface area contributed by atoms with Crippen LogP contribution in [0.5, 0.6) is 0 Å². The number of nitrogens with zero attached hydrogens (tertiary/aromatic N) is 2. The summed E-state index contributed by atoms with van der Waals surface area (Å²) in [6.45, 7) is 0.502. The molecule has 0 aliphatic heterocycles. The van der Waals surface area contributed by atoms with Crippen LogP contribution in [0.25, 0.3) is 10.9 Å².